The SMILES string of the molecule is Nc1ccc(C(=O)CCCCl)cc1N. The quantitative estimate of drug-likeness (QED) is 0.456. The first-order valence-electron chi connectivity index (χ1n) is 4.39. The van der Waals surface area contributed by atoms with Crippen LogP contribution in [0.25, 0.3) is 0 Å². The van der Waals surface area contributed by atoms with Crippen molar-refractivity contribution in [2.24, 2.45) is 0 Å². The van der Waals surface area contributed by atoms with Gasteiger partial charge < -0.3 is 11.5 Å². The third-order valence-corrected chi connectivity index (χ3v) is 2.21. The van der Waals surface area contributed by atoms with Gasteiger partial charge in [0.2, 0.25) is 0 Å². The first-order valence-corrected chi connectivity index (χ1v) is 4.92. The molecule has 1 aromatic rings. The fourth-order valence-corrected chi connectivity index (χ4v) is 1.25. The molecule has 0 amide bonds. The summed E-state index contributed by atoms with van der Waals surface area (Å²) < 4.78 is 0. The molecule has 0 aliphatic heterocycles. The second-order valence-corrected chi connectivity index (χ2v) is 3.44. The fraction of sp³-hybridized carbons (Fsp3) is 0.300. The first kappa shape index (κ1) is 10.9. The highest BCUT2D eigenvalue weighted by Gasteiger charge is 2.06. The molecule has 0 aromatic heterocycles. The monoisotopic (exact) mass is 212 g/mol. The summed E-state index contributed by atoms with van der Waals surface area (Å²) in [5.41, 5.74) is 12.7. The van der Waals surface area contributed by atoms with Gasteiger partial charge in [0, 0.05) is 17.9 Å². The highest BCUT2D eigenvalue weighted by Crippen LogP contribution is 2.17. The smallest absolute Gasteiger partial charge is 0.162 e. The Morgan fingerprint density at radius 2 is 2.00 bits per heavy atom. The van der Waals surface area contributed by atoms with E-state index in [1.54, 1.807) is 18.2 Å². The molecule has 76 valence electrons. The minimum atomic E-state index is 0.0531. The molecule has 3 nitrogen and oxygen atoms in total. The Morgan fingerprint density at radius 3 is 2.57 bits per heavy atom. The standard InChI is InChI=1S/C10H13ClN2O/c11-5-1-2-10(14)7-3-4-8(12)9(13)6-7/h3-4,6H,1-2,5,12-13H2. The number of hydrogen-bond acceptors (Lipinski definition) is 3. The predicted octanol–water partition coefficient (Wildman–Crippen LogP) is 2.05. The average Bonchev–Trinajstić information content (AvgIpc) is 2.18. The summed E-state index contributed by atoms with van der Waals surface area (Å²) in [5.74, 6) is 0.549. The van der Waals surface area contributed by atoms with Gasteiger partial charge in [-0.25, -0.2) is 0 Å². The van der Waals surface area contributed by atoms with E-state index in [0.717, 1.165) is 0 Å². The molecule has 1 aromatic carbocycles. The Bertz CT molecular complexity index is 339. The lowest BCUT2D eigenvalue weighted by molar-refractivity contribution is 0.0982. The third kappa shape index (κ3) is 2.64. The van der Waals surface area contributed by atoms with Gasteiger partial charge in [-0.15, -0.1) is 11.6 Å². The van der Waals surface area contributed by atoms with Crippen molar-refractivity contribution in [1.29, 1.82) is 0 Å². The molecule has 0 unspecified atom stereocenters. The fourth-order valence-electron chi connectivity index (χ4n) is 1.12. The Kier molecular flexibility index (Phi) is 3.77. The summed E-state index contributed by atoms with van der Waals surface area (Å²) in [7, 11) is 0. The summed E-state index contributed by atoms with van der Waals surface area (Å²) in [5, 5.41) is 0. The number of anilines is 2. The lowest BCUT2D eigenvalue weighted by Crippen LogP contribution is -2.02. The largest absolute Gasteiger partial charge is 0.397 e. The summed E-state index contributed by atoms with van der Waals surface area (Å²) in [6.45, 7) is 0. The Balaban J connectivity index is 2.76. The van der Waals surface area contributed by atoms with E-state index in [0.29, 0.717) is 35.7 Å². The minimum absolute atomic E-state index is 0.0531. The van der Waals surface area contributed by atoms with Gasteiger partial charge in [-0.2, -0.15) is 0 Å². The van der Waals surface area contributed by atoms with Gasteiger partial charge in [0.05, 0.1) is 11.4 Å². The molecule has 14 heavy (non-hydrogen) atoms. The zero-order valence-corrected chi connectivity index (χ0v) is 8.55. The van der Waals surface area contributed by atoms with Crippen LogP contribution >= 0.6 is 11.6 Å². The van der Waals surface area contributed by atoms with Crippen molar-refractivity contribution < 1.29 is 4.79 Å². The van der Waals surface area contributed by atoms with Crippen LogP contribution in [-0.2, 0) is 0 Å². The molecule has 0 saturated carbocycles. The van der Waals surface area contributed by atoms with Gasteiger partial charge in [0.25, 0.3) is 0 Å². The van der Waals surface area contributed by atoms with Gasteiger partial charge in [0.1, 0.15) is 0 Å². The molecule has 0 saturated heterocycles. The maximum atomic E-state index is 11.5. The summed E-state index contributed by atoms with van der Waals surface area (Å²) in [6, 6.07) is 4.93. The number of alkyl halides is 1. The number of Topliss-reactive ketones (excluding diaryl/α,β-unsaturated/α-hetero) is 1. The van der Waals surface area contributed by atoms with Crippen molar-refractivity contribution in [3.05, 3.63) is 23.8 Å². The van der Waals surface area contributed by atoms with E-state index < -0.39 is 0 Å². The van der Waals surface area contributed by atoms with E-state index >= 15 is 0 Å². The maximum Gasteiger partial charge on any atom is 0.162 e. The van der Waals surface area contributed by atoms with Crippen LogP contribution in [0.5, 0.6) is 0 Å². The molecular weight excluding hydrogens is 200 g/mol. The number of benzene rings is 1. The number of carbonyl (C=O) groups excluding carboxylic acids is 1. The lowest BCUT2D eigenvalue weighted by Gasteiger charge is -2.03. The number of nitrogen functional groups attached to an aromatic ring is 2. The molecule has 0 fully saturated rings. The average molecular weight is 213 g/mol. The summed E-state index contributed by atoms with van der Waals surface area (Å²) >= 11 is 5.49. The van der Waals surface area contributed by atoms with Crippen molar-refractivity contribution in [1.82, 2.24) is 0 Å². The Morgan fingerprint density at radius 1 is 1.29 bits per heavy atom. The lowest BCUT2D eigenvalue weighted by atomic mass is 10.1. The molecule has 1 rings (SSSR count). The third-order valence-electron chi connectivity index (χ3n) is 1.95. The van der Waals surface area contributed by atoms with Crippen LogP contribution in [0, 0.1) is 0 Å². The number of hydrogen-bond donors (Lipinski definition) is 2. The van der Waals surface area contributed by atoms with Crippen LogP contribution < -0.4 is 11.5 Å². The molecular formula is C10H13ClN2O. The Hall–Kier alpha value is -1.22. The summed E-state index contributed by atoms with van der Waals surface area (Å²) in [4.78, 5) is 11.5. The second-order valence-electron chi connectivity index (χ2n) is 3.06. The second kappa shape index (κ2) is 4.86. The van der Waals surface area contributed by atoms with E-state index in [2.05, 4.69) is 0 Å². The molecule has 0 spiro atoms. The van der Waals surface area contributed by atoms with E-state index in [4.69, 9.17) is 23.1 Å². The van der Waals surface area contributed by atoms with Crippen LogP contribution in [0.1, 0.15) is 23.2 Å². The molecule has 0 heterocycles. The normalized spacial score (nSPS) is 10.1. The van der Waals surface area contributed by atoms with Crippen LogP contribution in [0.2, 0.25) is 0 Å². The number of nitrogens with two attached hydrogens (primary N) is 2. The molecule has 4 N–H and O–H groups in total. The summed E-state index contributed by atoms with van der Waals surface area (Å²) in [6.07, 6.45) is 1.14. The van der Waals surface area contributed by atoms with Crippen LogP contribution in [-0.4, -0.2) is 11.7 Å². The van der Waals surface area contributed by atoms with Crippen molar-refractivity contribution in [2.45, 2.75) is 12.8 Å². The molecule has 0 bridgehead atoms. The van der Waals surface area contributed by atoms with Gasteiger partial charge in [-0.05, 0) is 24.6 Å². The topological polar surface area (TPSA) is 69.1 Å². The minimum Gasteiger partial charge on any atom is -0.397 e. The van der Waals surface area contributed by atoms with Gasteiger partial charge in [0.15, 0.2) is 5.78 Å². The first-order chi connectivity index (χ1) is 6.65. The molecule has 0 aliphatic carbocycles. The van der Waals surface area contributed by atoms with E-state index in [1.807, 2.05) is 0 Å². The maximum absolute atomic E-state index is 11.5. The van der Waals surface area contributed by atoms with Gasteiger partial charge in [-0.1, -0.05) is 0 Å². The predicted molar refractivity (Wildman–Crippen MR) is 59.6 cm³/mol. The van der Waals surface area contributed by atoms with E-state index in [9.17, 15) is 4.79 Å². The number of carbonyl (C=O) groups is 1. The van der Waals surface area contributed by atoms with Crippen LogP contribution in [0.15, 0.2) is 18.2 Å². The number of halogens is 1. The van der Waals surface area contributed by atoms with Crippen molar-refractivity contribution >= 4 is 28.8 Å². The Labute approximate surface area is 88.0 Å². The van der Waals surface area contributed by atoms with Crippen molar-refractivity contribution in [2.75, 3.05) is 17.3 Å². The van der Waals surface area contributed by atoms with E-state index in [-0.39, 0.29) is 5.78 Å². The zero-order valence-electron chi connectivity index (χ0n) is 7.79. The van der Waals surface area contributed by atoms with Crippen molar-refractivity contribution in [3.63, 3.8) is 0 Å². The highest BCUT2D eigenvalue weighted by molar-refractivity contribution is 6.18. The number of rotatable bonds is 4. The molecule has 0 aliphatic rings. The van der Waals surface area contributed by atoms with Crippen LogP contribution in [0.4, 0.5) is 11.4 Å². The molecule has 0 atom stereocenters. The number of ketones is 1. The zero-order chi connectivity index (χ0) is 10.6. The van der Waals surface area contributed by atoms with Crippen LogP contribution in [0.3, 0.4) is 0 Å². The molecule has 4 heteroatoms. The van der Waals surface area contributed by atoms with Gasteiger partial charge in [-0.3, -0.25) is 4.79 Å². The van der Waals surface area contributed by atoms with E-state index in [1.165, 1.54) is 0 Å². The van der Waals surface area contributed by atoms with Crippen molar-refractivity contribution in [3.8, 4) is 0 Å². The van der Waals surface area contributed by atoms with Gasteiger partial charge >= 0.3 is 0 Å². The molecule has 0 radical (unpaired) electrons. The highest BCUT2D eigenvalue weighted by atomic mass is 35.5.